The van der Waals surface area contributed by atoms with E-state index in [4.69, 9.17) is 14.0 Å². The van der Waals surface area contributed by atoms with Gasteiger partial charge in [-0.05, 0) is 31.2 Å². The van der Waals surface area contributed by atoms with Gasteiger partial charge in [0.25, 0.3) is 11.6 Å². The molecular formula is C19H17N3O7. The number of esters is 1. The quantitative estimate of drug-likeness (QED) is 0.347. The van der Waals surface area contributed by atoms with Crippen molar-refractivity contribution in [2.75, 3.05) is 18.5 Å². The molecule has 2 aromatic carbocycles. The minimum atomic E-state index is -0.712. The number of aromatic nitrogens is 1. The molecule has 0 aliphatic heterocycles. The molecule has 0 bridgehead atoms. The van der Waals surface area contributed by atoms with Crippen LogP contribution >= 0.6 is 0 Å². The van der Waals surface area contributed by atoms with Crippen LogP contribution in [0.1, 0.15) is 12.6 Å². The number of carbonyl (C=O) groups excluding carboxylic acids is 2. The second-order valence-electron chi connectivity index (χ2n) is 5.88. The van der Waals surface area contributed by atoms with Crippen molar-refractivity contribution in [2.24, 2.45) is 0 Å². The van der Waals surface area contributed by atoms with Crippen molar-refractivity contribution in [3.05, 3.63) is 58.3 Å². The van der Waals surface area contributed by atoms with Crippen molar-refractivity contribution in [3.63, 3.8) is 0 Å². The number of anilines is 1. The Morgan fingerprint density at radius 3 is 2.79 bits per heavy atom. The predicted molar refractivity (Wildman–Crippen MR) is 102 cm³/mol. The van der Waals surface area contributed by atoms with Gasteiger partial charge in [-0.2, -0.15) is 0 Å². The molecule has 0 unspecified atom stereocenters. The Morgan fingerprint density at radius 2 is 2.03 bits per heavy atom. The Labute approximate surface area is 164 Å². The Morgan fingerprint density at radius 1 is 1.24 bits per heavy atom. The zero-order valence-electron chi connectivity index (χ0n) is 15.4. The van der Waals surface area contributed by atoms with Gasteiger partial charge in [-0.1, -0.05) is 17.3 Å². The van der Waals surface area contributed by atoms with Gasteiger partial charge >= 0.3 is 5.97 Å². The van der Waals surface area contributed by atoms with Crippen LogP contribution in [-0.2, 0) is 20.7 Å². The van der Waals surface area contributed by atoms with Crippen LogP contribution in [0, 0.1) is 10.1 Å². The lowest BCUT2D eigenvalue weighted by Crippen LogP contribution is -2.22. The van der Waals surface area contributed by atoms with Gasteiger partial charge in [0.05, 0.1) is 24.0 Å². The number of nitrogens with zero attached hydrogens (tertiary/aromatic N) is 2. The number of carbonyl (C=O) groups is 2. The normalized spacial score (nSPS) is 10.5. The highest BCUT2D eigenvalue weighted by atomic mass is 16.6. The zero-order valence-corrected chi connectivity index (χ0v) is 15.4. The first-order valence-electron chi connectivity index (χ1n) is 8.68. The van der Waals surface area contributed by atoms with E-state index in [0.717, 1.165) is 0 Å². The maximum absolute atomic E-state index is 12.0. The summed E-state index contributed by atoms with van der Waals surface area (Å²) in [5.41, 5.74) is 0.579. The zero-order chi connectivity index (χ0) is 20.8. The minimum absolute atomic E-state index is 0.0259. The average Bonchev–Trinajstić information content (AvgIpc) is 3.10. The molecule has 1 amide bonds. The van der Waals surface area contributed by atoms with Gasteiger partial charge in [-0.25, -0.2) is 0 Å². The number of amides is 1. The first-order chi connectivity index (χ1) is 14.0. The summed E-state index contributed by atoms with van der Waals surface area (Å²) in [6, 6.07) is 11.1. The van der Waals surface area contributed by atoms with E-state index in [1.165, 1.54) is 18.2 Å². The number of para-hydroxylation sites is 1. The molecule has 0 atom stereocenters. The van der Waals surface area contributed by atoms with Crippen LogP contribution in [0.15, 0.2) is 47.0 Å². The number of rotatable bonds is 8. The number of hydrogen-bond donors (Lipinski definition) is 1. The number of nitro groups is 1. The standard InChI is InChI=1S/C19H17N3O7/c1-2-27-12-7-8-14(16(9-12)22(25)26)20-18(23)11-28-19(24)10-15-13-5-3-4-6-17(13)29-21-15/h3-9H,2,10-11H2,1H3,(H,20,23). The van der Waals surface area contributed by atoms with Crippen LogP contribution in [0.5, 0.6) is 5.75 Å². The lowest BCUT2D eigenvalue weighted by Gasteiger charge is -2.08. The molecule has 150 valence electrons. The molecule has 3 aromatic rings. The molecule has 1 heterocycles. The number of nitrogens with one attached hydrogen (secondary N) is 1. The third-order valence-electron chi connectivity index (χ3n) is 3.88. The molecule has 10 heteroatoms. The number of fused-ring (bicyclic) bond motifs is 1. The SMILES string of the molecule is CCOc1ccc(NC(=O)COC(=O)Cc2noc3ccccc23)c([N+](=O)[O-])c1. The Bertz CT molecular complexity index is 1060. The molecule has 1 aromatic heterocycles. The smallest absolute Gasteiger partial charge is 0.312 e. The lowest BCUT2D eigenvalue weighted by molar-refractivity contribution is -0.384. The summed E-state index contributed by atoms with van der Waals surface area (Å²) in [7, 11) is 0. The molecule has 0 saturated heterocycles. The Kier molecular flexibility index (Phi) is 6.03. The molecule has 0 radical (unpaired) electrons. The second-order valence-corrected chi connectivity index (χ2v) is 5.88. The van der Waals surface area contributed by atoms with E-state index in [-0.39, 0.29) is 17.8 Å². The highest BCUT2D eigenvalue weighted by Crippen LogP contribution is 2.29. The van der Waals surface area contributed by atoms with Crippen LogP contribution in [0.2, 0.25) is 0 Å². The summed E-state index contributed by atoms with van der Waals surface area (Å²) < 4.78 is 15.3. The van der Waals surface area contributed by atoms with E-state index < -0.39 is 23.4 Å². The van der Waals surface area contributed by atoms with Crippen molar-refractivity contribution in [1.29, 1.82) is 0 Å². The molecule has 0 spiro atoms. The highest BCUT2D eigenvalue weighted by molar-refractivity contribution is 5.95. The number of nitro benzene ring substituents is 1. The average molecular weight is 399 g/mol. The largest absolute Gasteiger partial charge is 0.494 e. The van der Waals surface area contributed by atoms with Crippen molar-refractivity contribution in [2.45, 2.75) is 13.3 Å². The molecule has 1 N–H and O–H groups in total. The molecule has 0 aliphatic carbocycles. The van der Waals surface area contributed by atoms with Crippen molar-refractivity contribution < 1.29 is 28.5 Å². The molecule has 0 fully saturated rings. The van der Waals surface area contributed by atoms with Crippen LogP contribution in [-0.4, -0.2) is 35.2 Å². The summed E-state index contributed by atoms with van der Waals surface area (Å²) in [5, 5.41) is 18.1. The van der Waals surface area contributed by atoms with Crippen molar-refractivity contribution in [1.82, 2.24) is 5.16 Å². The number of hydrogen-bond acceptors (Lipinski definition) is 8. The van der Waals surface area contributed by atoms with Gasteiger partial charge in [-0.3, -0.25) is 19.7 Å². The van der Waals surface area contributed by atoms with Gasteiger partial charge in [0.2, 0.25) is 0 Å². The van der Waals surface area contributed by atoms with Gasteiger partial charge < -0.3 is 19.3 Å². The van der Waals surface area contributed by atoms with Gasteiger partial charge in [-0.15, -0.1) is 0 Å². The van der Waals surface area contributed by atoms with Crippen LogP contribution in [0.3, 0.4) is 0 Å². The maximum atomic E-state index is 12.0. The first kappa shape index (κ1) is 19.8. The molecule has 3 rings (SSSR count). The minimum Gasteiger partial charge on any atom is -0.494 e. The van der Waals surface area contributed by atoms with Gasteiger partial charge in [0.1, 0.15) is 17.1 Å². The monoisotopic (exact) mass is 399 g/mol. The van der Waals surface area contributed by atoms with Crippen molar-refractivity contribution in [3.8, 4) is 5.75 Å². The number of ether oxygens (including phenoxy) is 2. The summed E-state index contributed by atoms with van der Waals surface area (Å²) >= 11 is 0. The van der Waals surface area contributed by atoms with E-state index >= 15 is 0 Å². The molecule has 0 saturated carbocycles. The molecular weight excluding hydrogens is 382 g/mol. The number of benzene rings is 2. The van der Waals surface area contributed by atoms with Crippen LogP contribution in [0.4, 0.5) is 11.4 Å². The fourth-order valence-electron chi connectivity index (χ4n) is 2.61. The fourth-order valence-corrected chi connectivity index (χ4v) is 2.61. The van der Waals surface area contributed by atoms with Gasteiger partial charge in [0.15, 0.2) is 12.2 Å². The second kappa shape index (κ2) is 8.83. The van der Waals surface area contributed by atoms with E-state index in [0.29, 0.717) is 29.0 Å². The van der Waals surface area contributed by atoms with E-state index in [9.17, 15) is 19.7 Å². The third kappa shape index (κ3) is 4.86. The Hall–Kier alpha value is -3.95. The van der Waals surface area contributed by atoms with E-state index in [1.807, 2.05) is 0 Å². The summed E-state index contributed by atoms with van der Waals surface area (Å²) in [5.74, 6) is -1.08. The molecule has 29 heavy (non-hydrogen) atoms. The Balaban J connectivity index is 1.58. The van der Waals surface area contributed by atoms with Gasteiger partial charge in [0, 0.05) is 5.39 Å². The van der Waals surface area contributed by atoms with E-state index in [2.05, 4.69) is 10.5 Å². The highest BCUT2D eigenvalue weighted by Gasteiger charge is 2.19. The van der Waals surface area contributed by atoms with E-state index in [1.54, 1.807) is 31.2 Å². The maximum Gasteiger partial charge on any atom is 0.312 e. The van der Waals surface area contributed by atoms with Crippen molar-refractivity contribution >= 4 is 34.2 Å². The fraction of sp³-hybridized carbons (Fsp3) is 0.211. The summed E-state index contributed by atoms with van der Waals surface area (Å²) in [4.78, 5) is 34.6. The first-order valence-corrected chi connectivity index (χ1v) is 8.68. The molecule has 0 aliphatic rings. The van der Waals surface area contributed by atoms with Crippen LogP contribution < -0.4 is 10.1 Å². The van der Waals surface area contributed by atoms with Crippen LogP contribution in [0.25, 0.3) is 11.0 Å². The summed E-state index contributed by atoms with van der Waals surface area (Å²) in [6.45, 7) is 1.50. The molecule has 10 nitrogen and oxygen atoms in total. The topological polar surface area (TPSA) is 134 Å². The predicted octanol–water partition coefficient (Wildman–Crippen LogP) is 2.86. The lowest BCUT2D eigenvalue weighted by atomic mass is 10.2. The summed E-state index contributed by atoms with van der Waals surface area (Å²) in [6.07, 6.45) is -0.173. The third-order valence-corrected chi connectivity index (χ3v) is 3.88.